The molecule has 0 amide bonds. The van der Waals surface area contributed by atoms with Gasteiger partial charge in [-0.3, -0.25) is 0 Å². The molecule has 0 saturated carbocycles. The molecular formula is C9H12FNS. The highest BCUT2D eigenvalue weighted by Crippen LogP contribution is 2.36. The Morgan fingerprint density at radius 3 is 2.92 bits per heavy atom. The fourth-order valence-electron chi connectivity index (χ4n) is 1.55. The second-order valence-electron chi connectivity index (χ2n) is 3.30. The van der Waals surface area contributed by atoms with Crippen LogP contribution in [0, 0.1) is 6.92 Å². The van der Waals surface area contributed by atoms with Gasteiger partial charge in [0.05, 0.1) is 0 Å². The van der Waals surface area contributed by atoms with Gasteiger partial charge in [-0.1, -0.05) is 0 Å². The molecule has 0 aromatic carbocycles. The Labute approximate surface area is 75.6 Å². The lowest BCUT2D eigenvalue weighted by molar-refractivity contribution is 0.199. The third-order valence-corrected chi connectivity index (χ3v) is 3.47. The lowest BCUT2D eigenvalue weighted by Gasteiger charge is -2.15. The first kappa shape index (κ1) is 8.20. The summed E-state index contributed by atoms with van der Waals surface area (Å²) in [7, 11) is 0. The molecule has 0 aliphatic carbocycles. The van der Waals surface area contributed by atoms with Crippen LogP contribution in [0.2, 0.25) is 0 Å². The molecule has 1 aromatic heterocycles. The van der Waals surface area contributed by atoms with Crippen LogP contribution in [0.3, 0.4) is 0 Å². The van der Waals surface area contributed by atoms with Crippen molar-refractivity contribution in [2.24, 2.45) is 0 Å². The first-order valence-electron chi connectivity index (χ1n) is 4.17. The molecule has 0 spiro atoms. The maximum atomic E-state index is 14.0. The highest BCUT2D eigenvalue weighted by molar-refractivity contribution is 7.12. The molecular weight excluding hydrogens is 173 g/mol. The predicted octanol–water partition coefficient (Wildman–Crippen LogP) is 2.21. The van der Waals surface area contributed by atoms with Gasteiger partial charge in [-0.15, -0.1) is 11.3 Å². The van der Waals surface area contributed by atoms with Crippen LogP contribution in [0.1, 0.15) is 16.2 Å². The highest BCUT2D eigenvalue weighted by atomic mass is 32.1. The first-order valence-corrected chi connectivity index (χ1v) is 4.99. The Morgan fingerprint density at radius 2 is 2.42 bits per heavy atom. The number of aryl methyl sites for hydroxylation is 1. The molecule has 0 bridgehead atoms. The molecule has 2 heterocycles. The van der Waals surface area contributed by atoms with Crippen LogP contribution in [-0.4, -0.2) is 13.1 Å². The molecule has 0 radical (unpaired) electrons. The summed E-state index contributed by atoms with van der Waals surface area (Å²) in [5, 5.41) is 3.05. The molecule has 2 rings (SSSR count). The Kier molecular flexibility index (Phi) is 1.93. The number of thiophene rings is 1. The molecule has 1 aromatic rings. The van der Waals surface area contributed by atoms with Crippen molar-refractivity contribution in [2.45, 2.75) is 19.0 Å². The summed E-state index contributed by atoms with van der Waals surface area (Å²) in [6.07, 6.45) is 0.618. The van der Waals surface area contributed by atoms with Crippen molar-refractivity contribution in [2.75, 3.05) is 13.1 Å². The Morgan fingerprint density at radius 1 is 1.58 bits per heavy atom. The number of hydrogen-bond acceptors (Lipinski definition) is 2. The van der Waals surface area contributed by atoms with Crippen molar-refractivity contribution in [1.82, 2.24) is 5.32 Å². The van der Waals surface area contributed by atoms with Crippen molar-refractivity contribution < 1.29 is 4.39 Å². The van der Waals surface area contributed by atoms with Crippen molar-refractivity contribution in [3.05, 3.63) is 21.9 Å². The number of alkyl halides is 1. The highest BCUT2D eigenvalue weighted by Gasteiger charge is 2.36. The molecule has 1 atom stereocenters. The Hall–Kier alpha value is -0.410. The topological polar surface area (TPSA) is 12.0 Å². The lowest BCUT2D eigenvalue weighted by Crippen LogP contribution is -2.21. The average Bonchev–Trinajstić information content (AvgIpc) is 2.59. The van der Waals surface area contributed by atoms with E-state index in [9.17, 15) is 4.39 Å². The summed E-state index contributed by atoms with van der Waals surface area (Å²) in [5.41, 5.74) is -1.08. The quantitative estimate of drug-likeness (QED) is 0.707. The summed E-state index contributed by atoms with van der Waals surface area (Å²) in [6, 6.07) is 3.90. The number of rotatable bonds is 1. The number of nitrogens with one attached hydrogen (secondary N) is 1. The first-order chi connectivity index (χ1) is 5.71. The van der Waals surface area contributed by atoms with Gasteiger partial charge < -0.3 is 5.32 Å². The lowest BCUT2D eigenvalue weighted by atomic mass is 10.0. The molecule has 1 aliphatic heterocycles. The van der Waals surface area contributed by atoms with Gasteiger partial charge in [0.1, 0.15) is 0 Å². The van der Waals surface area contributed by atoms with E-state index in [0.29, 0.717) is 13.0 Å². The Balaban J connectivity index is 2.28. The summed E-state index contributed by atoms with van der Waals surface area (Å²) < 4.78 is 14.0. The van der Waals surface area contributed by atoms with Crippen molar-refractivity contribution in [1.29, 1.82) is 0 Å². The van der Waals surface area contributed by atoms with Gasteiger partial charge in [0.2, 0.25) is 0 Å². The maximum absolute atomic E-state index is 14.0. The van der Waals surface area contributed by atoms with Gasteiger partial charge in [0.25, 0.3) is 0 Å². The van der Waals surface area contributed by atoms with Crippen LogP contribution < -0.4 is 5.32 Å². The number of halogens is 1. The maximum Gasteiger partial charge on any atom is 0.158 e. The zero-order chi connectivity index (χ0) is 8.60. The predicted molar refractivity (Wildman–Crippen MR) is 49.3 cm³/mol. The Bertz CT molecular complexity index is 276. The smallest absolute Gasteiger partial charge is 0.158 e. The molecule has 12 heavy (non-hydrogen) atoms. The van der Waals surface area contributed by atoms with Gasteiger partial charge in [-0.05, 0) is 25.6 Å². The fraction of sp³-hybridized carbons (Fsp3) is 0.556. The largest absolute Gasteiger partial charge is 0.313 e. The molecule has 1 saturated heterocycles. The second kappa shape index (κ2) is 2.82. The van der Waals surface area contributed by atoms with Crippen LogP contribution in [0.25, 0.3) is 0 Å². The van der Waals surface area contributed by atoms with Crippen molar-refractivity contribution in [3.63, 3.8) is 0 Å². The molecule has 1 aliphatic rings. The van der Waals surface area contributed by atoms with Gasteiger partial charge >= 0.3 is 0 Å². The standard InChI is InChI=1S/C9H12FNS/c1-7-2-3-8(12-7)9(10)4-5-11-6-9/h2-3,11H,4-6H2,1H3. The van der Waals surface area contributed by atoms with Crippen molar-refractivity contribution in [3.8, 4) is 0 Å². The summed E-state index contributed by atoms with van der Waals surface area (Å²) in [5.74, 6) is 0. The molecule has 66 valence electrons. The van der Waals surface area contributed by atoms with E-state index in [0.717, 1.165) is 11.4 Å². The summed E-state index contributed by atoms with van der Waals surface area (Å²) in [4.78, 5) is 2.07. The SMILES string of the molecule is Cc1ccc(C2(F)CCNC2)s1. The summed E-state index contributed by atoms with van der Waals surface area (Å²) >= 11 is 1.57. The zero-order valence-electron chi connectivity index (χ0n) is 7.06. The van der Waals surface area contributed by atoms with Gasteiger partial charge in [-0.25, -0.2) is 4.39 Å². The molecule has 1 N–H and O–H groups in total. The average molecular weight is 185 g/mol. The van der Waals surface area contributed by atoms with E-state index in [1.54, 1.807) is 11.3 Å². The molecule has 1 nitrogen and oxygen atoms in total. The van der Waals surface area contributed by atoms with E-state index < -0.39 is 5.67 Å². The molecule has 1 unspecified atom stereocenters. The third kappa shape index (κ3) is 1.27. The van der Waals surface area contributed by atoms with E-state index >= 15 is 0 Å². The van der Waals surface area contributed by atoms with E-state index in [1.165, 1.54) is 4.88 Å². The van der Waals surface area contributed by atoms with E-state index in [2.05, 4.69) is 5.32 Å². The monoisotopic (exact) mass is 185 g/mol. The van der Waals surface area contributed by atoms with Crippen LogP contribution in [0.15, 0.2) is 12.1 Å². The van der Waals surface area contributed by atoms with E-state index in [-0.39, 0.29) is 0 Å². The third-order valence-electron chi connectivity index (χ3n) is 2.29. The van der Waals surface area contributed by atoms with Gasteiger partial charge in [0, 0.05) is 22.7 Å². The van der Waals surface area contributed by atoms with Crippen LogP contribution in [0.4, 0.5) is 4.39 Å². The minimum atomic E-state index is -1.08. The molecule has 3 heteroatoms. The van der Waals surface area contributed by atoms with Gasteiger partial charge in [0.15, 0.2) is 5.67 Å². The van der Waals surface area contributed by atoms with Crippen LogP contribution in [0.5, 0.6) is 0 Å². The van der Waals surface area contributed by atoms with Crippen LogP contribution in [-0.2, 0) is 5.67 Å². The number of hydrogen-bond donors (Lipinski definition) is 1. The zero-order valence-corrected chi connectivity index (χ0v) is 7.88. The van der Waals surface area contributed by atoms with E-state index in [4.69, 9.17) is 0 Å². The van der Waals surface area contributed by atoms with Crippen LogP contribution >= 0.6 is 11.3 Å². The van der Waals surface area contributed by atoms with Gasteiger partial charge in [-0.2, -0.15) is 0 Å². The summed E-state index contributed by atoms with van der Waals surface area (Å²) in [6.45, 7) is 3.29. The normalized spacial score (nSPS) is 29.5. The second-order valence-corrected chi connectivity index (χ2v) is 4.59. The minimum Gasteiger partial charge on any atom is -0.313 e. The minimum absolute atomic E-state index is 0.479. The van der Waals surface area contributed by atoms with E-state index in [1.807, 2.05) is 19.1 Å². The molecule has 1 fully saturated rings. The van der Waals surface area contributed by atoms with Crippen molar-refractivity contribution >= 4 is 11.3 Å². The fourth-order valence-corrected chi connectivity index (χ4v) is 2.52.